The molecule has 0 saturated heterocycles. The summed E-state index contributed by atoms with van der Waals surface area (Å²) in [6.07, 6.45) is 2.34. The third kappa shape index (κ3) is 2.08. The number of nitrogens with zero attached hydrogens (tertiary/aromatic N) is 2. The second-order valence-corrected chi connectivity index (χ2v) is 6.23. The molecule has 15 heavy (non-hydrogen) atoms. The summed E-state index contributed by atoms with van der Waals surface area (Å²) in [6.45, 7) is 11.3. The number of aryl methyl sites for hydroxylation is 1. The summed E-state index contributed by atoms with van der Waals surface area (Å²) >= 11 is 1.87. The van der Waals surface area contributed by atoms with Crippen LogP contribution in [0.3, 0.4) is 0 Å². The molecule has 0 saturated carbocycles. The van der Waals surface area contributed by atoms with Crippen molar-refractivity contribution in [3.05, 3.63) is 15.6 Å². The van der Waals surface area contributed by atoms with Gasteiger partial charge in [-0.05, 0) is 27.2 Å². The third-order valence-electron chi connectivity index (χ3n) is 3.56. The molecule has 0 radical (unpaired) electrons. The molecule has 84 valence electrons. The minimum absolute atomic E-state index is 0.329. The van der Waals surface area contributed by atoms with Crippen LogP contribution < -0.4 is 0 Å². The van der Waals surface area contributed by atoms with Crippen LogP contribution in [0.2, 0.25) is 0 Å². The van der Waals surface area contributed by atoms with Crippen LogP contribution >= 0.6 is 11.3 Å². The quantitative estimate of drug-likeness (QED) is 0.767. The van der Waals surface area contributed by atoms with Gasteiger partial charge in [-0.3, -0.25) is 4.90 Å². The molecule has 0 bridgehead atoms. The molecule has 1 aliphatic rings. The van der Waals surface area contributed by atoms with Crippen molar-refractivity contribution in [3.63, 3.8) is 0 Å². The Hall–Kier alpha value is -0.410. The number of fused-ring (bicyclic) bond motifs is 1. The molecule has 1 aromatic heterocycles. The third-order valence-corrected chi connectivity index (χ3v) is 4.56. The van der Waals surface area contributed by atoms with E-state index in [0.29, 0.717) is 5.54 Å². The molecular formula is C12H20N2S. The van der Waals surface area contributed by atoms with Crippen LogP contribution in [-0.4, -0.2) is 22.0 Å². The van der Waals surface area contributed by atoms with Crippen LogP contribution in [0.5, 0.6) is 0 Å². The molecule has 2 rings (SSSR count). The summed E-state index contributed by atoms with van der Waals surface area (Å²) in [5.41, 5.74) is 1.68. The van der Waals surface area contributed by atoms with Crippen molar-refractivity contribution in [2.75, 3.05) is 6.54 Å². The molecule has 0 aliphatic carbocycles. The molecule has 0 amide bonds. The Morgan fingerprint density at radius 1 is 1.47 bits per heavy atom. The van der Waals surface area contributed by atoms with Gasteiger partial charge in [0.15, 0.2) is 0 Å². The SMILES string of the molecule is CCC(C)(C)N1CCc2nc(C)sc2C1. The molecule has 2 heterocycles. The Bertz CT molecular complexity index is 355. The van der Waals surface area contributed by atoms with Crippen molar-refractivity contribution < 1.29 is 0 Å². The topological polar surface area (TPSA) is 16.1 Å². The summed E-state index contributed by atoms with van der Waals surface area (Å²) in [4.78, 5) is 8.66. The first kappa shape index (κ1) is 11.1. The van der Waals surface area contributed by atoms with Crippen molar-refractivity contribution >= 4 is 11.3 Å². The highest BCUT2D eigenvalue weighted by molar-refractivity contribution is 7.11. The molecule has 1 aromatic rings. The van der Waals surface area contributed by atoms with E-state index in [9.17, 15) is 0 Å². The van der Waals surface area contributed by atoms with Gasteiger partial charge in [-0.1, -0.05) is 6.92 Å². The molecule has 2 nitrogen and oxygen atoms in total. The molecule has 0 aromatic carbocycles. The molecule has 0 unspecified atom stereocenters. The second kappa shape index (κ2) is 3.87. The fourth-order valence-electron chi connectivity index (χ4n) is 2.06. The predicted octanol–water partition coefficient (Wildman–Crippen LogP) is 3.00. The van der Waals surface area contributed by atoms with Crippen molar-refractivity contribution in [2.45, 2.75) is 52.6 Å². The molecule has 0 atom stereocenters. The second-order valence-electron chi connectivity index (χ2n) is 4.94. The molecular weight excluding hydrogens is 204 g/mol. The van der Waals surface area contributed by atoms with E-state index in [0.717, 1.165) is 19.5 Å². The maximum absolute atomic E-state index is 4.59. The fourth-order valence-corrected chi connectivity index (χ4v) is 3.06. The number of thiazole rings is 1. The zero-order valence-electron chi connectivity index (χ0n) is 10.1. The maximum Gasteiger partial charge on any atom is 0.0900 e. The van der Waals surface area contributed by atoms with Gasteiger partial charge in [-0.2, -0.15) is 0 Å². The lowest BCUT2D eigenvalue weighted by molar-refractivity contribution is 0.101. The van der Waals surface area contributed by atoms with E-state index >= 15 is 0 Å². The van der Waals surface area contributed by atoms with Crippen LogP contribution in [0.1, 0.15) is 42.8 Å². The first-order valence-electron chi connectivity index (χ1n) is 5.73. The molecule has 0 spiro atoms. The summed E-state index contributed by atoms with van der Waals surface area (Å²) < 4.78 is 0. The summed E-state index contributed by atoms with van der Waals surface area (Å²) in [5, 5.41) is 1.22. The van der Waals surface area contributed by atoms with E-state index in [1.807, 2.05) is 11.3 Å². The summed E-state index contributed by atoms with van der Waals surface area (Å²) in [7, 11) is 0. The van der Waals surface area contributed by atoms with Crippen molar-refractivity contribution in [2.24, 2.45) is 0 Å². The monoisotopic (exact) mass is 224 g/mol. The van der Waals surface area contributed by atoms with Crippen LogP contribution in [0, 0.1) is 6.92 Å². The summed E-state index contributed by atoms with van der Waals surface area (Å²) in [5.74, 6) is 0. The lowest BCUT2D eigenvalue weighted by atomic mass is 9.97. The minimum atomic E-state index is 0.329. The zero-order valence-corrected chi connectivity index (χ0v) is 10.9. The molecule has 0 N–H and O–H groups in total. The highest BCUT2D eigenvalue weighted by Crippen LogP contribution is 2.30. The van der Waals surface area contributed by atoms with Crippen molar-refractivity contribution in [1.82, 2.24) is 9.88 Å². The van der Waals surface area contributed by atoms with Gasteiger partial charge in [0, 0.05) is 29.9 Å². The van der Waals surface area contributed by atoms with Crippen LogP contribution in [-0.2, 0) is 13.0 Å². The zero-order chi connectivity index (χ0) is 11.1. The first-order valence-corrected chi connectivity index (χ1v) is 6.55. The van der Waals surface area contributed by atoms with Crippen LogP contribution in [0.15, 0.2) is 0 Å². The van der Waals surface area contributed by atoms with Gasteiger partial charge in [0.2, 0.25) is 0 Å². The average molecular weight is 224 g/mol. The van der Waals surface area contributed by atoms with Crippen LogP contribution in [0.25, 0.3) is 0 Å². The molecule has 3 heteroatoms. The number of aromatic nitrogens is 1. The smallest absolute Gasteiger partial charge is 0.0900 e. The number of hydrogen-bond donors (Lipinski definition) is 0. The Morgan fingerprint density at radius 2 is 2.20 bits per heavy atom. The van der Waals surface area contributed by atoms with Gasteiger partial charge in [0.05, 0.1) is 10.7 Å². The van der Waals surface area contributed by atoms with Gasteiger partial charge in [-0.15, -0.1) is 11.3 Å². The Balaban J connectivity index is 2.18. The van der Waals surface area contributed by atoms with E-state index in [1.165, 1.54) is 22.0 Å². The predicted molar refractivity (Wildman–Crippen MR) is 65.3 cm³/mol. The lowest BCUT2D eigenvalue weighted by Crippen LogP contribution is -2.45. The molecule has 0 fully saturated rings. The minimum Gasteiger partial charge on any atom is -0.293 e. The van der Waals surface area contributed by atoms with Gasteiger partial charge in [-0.25, -0.2) is 4.98 Å². The van der Waals surface area contributed by atoms with E-state index in [2.05, 4.69) is 37.6 Å². The first-order chi connectivity index (χ1) is 7.03. The van der Waals surface area contributed by atoms with Gasteiger partial charge >= 0.3 is 0 Å². The number of rotatable bonds is 2. The standard InChI is InChI=1S/C12H20N2S/c1-5-12(3,4)14-7-6-10-11(8-14)15-9(2)13-10/h5-8H2,1-4H3. The Kier molecular flexibility index (Phi) is 2.86. The van der Waals surface area contributed by atoms with Crippen molar-refractivity contribution in [3.8, 4) is 0 Å². The van der Waals surface area contributed by atoms with Gasteiger partial charge < -0.3 is 0 Å². The van der Waals surface area contributed by atoms with E-state index in [1.54, 1.807) is 0 Å². The van der Waals surface area contributed by atoms with Gasteiger partial charge in [0.25, 0.3) is 0 Å². The molecule has 1 aliphatic heterocycles. The largest absolute Gasteiger partial charge is 0.293 e. The Labute approximate surface area is 96.3 Å². The Morgan fingerprint density at radius 3 is 2.87 bits per heavy atom. The highest BCUT2D eigenvalue weighted by Gasteiger charge is 2.29. The fraction of sp³-hybridized carbons (Fsp3) is 0.750. The van der Waals surface area contributed by atoms with E-state index in [4.69, 9.17) is 0 Å². The number of hydrogen-bond acceptors (Lipinski definition) is 3. The normalized spacial score (nSPS) is 17.9. The lowest BCUT2D eigenvalue weighted by Gasteiger charge is -2.39. The van der Waals surface area contributed by atoms with E-state index in [-0.39, 0.29) is 0 Å². The maximum atomic E-state index is 4.59. The average Bonchev–Trinajstić information content (AvgIpc) is 2.56. The van der Waals surface area contributed by atoms with Crippen molar-refractivity contribution in [1.29, 1.82) is 0 Å². The highest BCUT2D eigenvalue weighted by atomic mass is 32.1. The van der Waals surface area contributed by atoms with Crippen LogP contribution in [0.4, 0.5) is 0 Å². The van der Waals surface area contributed by atoms with Gasteiger partial charge in [0.1, 0.15) is 0 Å². The van der Waals surface area contributed by atoms with E-state index < -0.39 is 0 Å². The summed E-state index contributed by atoms with van der Waals surface area (Å²) in [6, 6.07) is 0.